The average molecular weight is 199 g/mol. The second-order valence-corrected chi connectivity index (χ2v) is 2.07. The normalized spacial score (nSPS) is 7.64. The first-order valence-electron chi connectivity index (χ1n) is 2.76. The molecule has 0 spiro atoms. The van der Waals surface area contributed by atoms with Crippen molar-refractivity contribution < 1.29 is 20.0 Å². The van der Waals surface area contributed by atoms with Crippen molar-refractivity contribution in [3.05, 3.63) is 0 Å². The SMILES string of the molecule is CC(=O)OC(=O)C(C)C.[Ca+2].[H-].[H-].[H-].[H-].[Mg+2]. The second-order valence-electron chi connectivity index (χ2n) is 2.07. The van der Waals surface area contributed by atoms with E-state index < -0.39 is 11.9 Å². The van der Waals surface area contributed by atoms with Gasteiger partial charge in [0.05, 0.1) is 5.92 Å². The van der Waals surface area contributed by atoms with Gasteiger partial charge in [0.1, 0.15) is 0 Å². The van der Waals surface area contributed by atoms with E-state index >= 15 is 0 Å². The molecule has 0 fully saturated rings. The maximum absolute atomic E-state index is 10.5. The zero-order chi connectivity index (χ0) is 7.44. The largest absolute Gasteiger partial charge is 2.00 e. The summed E-state index contributed by atoms with van der Waals surface area (Å²) >= 11 is 0. The number of esters is 2. The van der Waals surface area contributed by atoms with Crippen LogP contribution in [0.3, 0.4) is 0 Å². The third kappa shape index (κ3) is 11.2. The molecule has 0 aromatic carbocycles. The first-order chi connectivity index (χ1) is 4.04. The van der Waals surface area contributed by atoms with Crippen LogP contribution in [-0.4, -0.2) is 72.7 Å². The molecule has 0 aliphatic heterocycles. The summed E-state index contributed by atoms with van der Waals surface area (Å²) in [6.45, 7) is 4.55. The van der Waals surface area contributed by atoms with Crippen LogP contribution >= 0.6 is 0 Å². The maximum atomic E-state index is 10.5. The minimum absolute atomic E-state index is 0. The van der Waals surface area contributed by atoms with E-state index in [1.54, 1.807) is 13.8 Å². The first-order valence-corrected chi connectivity index (χ1v) is 2.76. The number of hydrogen-bond donors (Lipinski definition) is 0. The number of carbonyl (C=O) groups excluding carboxylic acids is 2. The van der Waals surface area contributed by atoms with E-state index in [1.165, 1.54) is 6.92 Å². The van der Waals surface area contributed by atoms with E-state index in [4.69, 9.17) is 0 Å². The van der Waals surface area contributed by atoms with E-state index in [2.05, 4.69) is 4.74 Å². The summed E-state index contributed by atoms with van der Waals surface area (Å²) in [5.41, 5.74) is 0. The molecule has 5 heteroatoms. The van der Waals surface area contributed by atoms with Crippen molar-refractivity contribution in [3.8, 4) is 0 Å². The Morgan fingerprint density at radius 2 is 1.73 bits per heavy atom. The molecule has 0 N–H and O–H groups in total. The van der Waals surface area contributed by atoms with Crippen molar-refractivity contribution in [1.29, 1.82) is 0 Å². The van der Waals surface area contributed by atoms with E-state index in [9.17, 15) is 9.59 Å². The van der Waals surface area contributed by atoms with Crippen molar-refractivity contribution >= 4 is 72.7 Å². The standard InChI is InChI=1S/C6H10O3.Ca.Mg.4H/c1-4(2)6(8)9-5(3)7;;;;;;/h4H,1-3H3;;;;;;/q;2*+2;4*-1. The molecule has 60 valence electrons. The van der Waals surface area contributed by atoms with E-state index in [1.807, 2.05) is 0 Å². The molecule has 0 bridgehead atoms. The van der Waals surface area contributed by atoms with Crippen LogP contribution in [0.5, 0.6) is 0 Å². The quantitative estimate of drug-likeness (QED) is 0.349. The van der Waals surface area contributed by atoms with Gasteiger partial charge in [0, 0.05) is 6.92 Å². The number of hydrogen-bond acceptors (Lipinski definition) is 3. The van der Waals surface area contributed by atoms with Gasteiger partial charge in [-0.25, -0.2) is 0 Å². The van der Waals surface area contributed by atoms with Gasteiger partial charge in [0.15, 0.2) is 0 Å². The predicted molar refractivity (Wildman–Crippen MR) is 47.6 cm³/mol. The summed E-state index contributed by atoms with van der Waals surface area (Å²) in [4.78, 5) is 20.6. The van der Waals surface area contributed by atoms with E-state index in [0.717, 1.165) is 0 Å². The van der Waals surface area contributed by atoms with Crippen molar-refractivity contribution in [1.82, 2.24) is 0 Å². The molecule has 11 heavy (non-hydrogen) atoms. The first kappa shape index (κ1) is 18.1. The average Bonchev–Trinajstić information content (AvgIpc) is 1.63. The van der Waals surface area contributed by atoms with Crippen LogP contribution in [0.2, 0.25) is 0 Å². The zero-order valence-electron chi connectivity index (χ0n) is 11.2. The van der Waals surface area contributed by atoms with Gasteiger partial charge < -0.3 is 10.4 Å². The van der Waals surface area contributed by atoms with Gasteiger partial charge in [-0.15, -0.1) is 0 Å². The third-order valence-electron chi connectivity index (χ3n) is 0.716. The summed E-state index contributed by atoms with van der Waals surface area (Å²) < 4.78 is 4.23. The van der Waals surface area contributed by atoms with Gasteiger partial charge in [-0.05, 0) is 0 Å². The molecule has 0 aliphatic carbocycles. The van der Waals surface area contributed by atoms with Crippen LogP contribution in [0.1, 0.15) is 26.5 Å². The Balaban J connectivity index is -0.0000000213. The molecule has 3 nitrogen and oxygen atoms in total. The Morgan fingerprint density at radius 1 is 1.36 bits per heavy atom. The van der Waals surface area contributed by atoms with Gasteiger partial charge in [-0.3, -0.25) is 9.59 Å². The van der Waals surface area contributed by atoms with Gasteiger partial charge in [-0.1, -0.05) is 13.8 Å². The van der Waals surface area contributed by atoms with Gasteiger partial charge in [0.2, 0.25) is 0 Å². The summed E-state index contributed by atoms with van der Waals surface area (Å²) in [5.74, 6) is -1.25. The monoisotopic (exact) mass is 198 g/mol. The summed E-state index contributed by atoms with van der Waals surface area (Å²) in [7, 11) is 0. The van der Waals surface area contributed by atoms with Crippen LogP contribution in [0.25, 0.3) is 0 Å². The Kier molecular flexibility index (Phi) is 15.2. The fraction of sp³-hybridized carbons (Fsp3) is 0.667. The van der Waals surface area contributed by atoms with Crippen LogP contribution in [-0.2, 0) is 14.3 Å². The summed E-state index contributed by atoms with van der Waals surface area (Å²) in [6.07, 6.45) is 0. The summed E-state index contributed by atoms with van der Waals surface area (Å²) in [6, 6.07) is 0. The molecule has 0 aromatic rings. The van der Waals surface area contributed by atoms with Gasteiger partial charge >= 0.3 is 72.7 Å². The summed E-state index contributed by atoms with van der Waals surface area (Å²) in [5, 5.41) is 0. The van der Waals surface area contributed by atoms with Crippen LogP contribution in [0.4, 0.5) is 0 Å². The van der Waals surface area contributed by atoms with Crippen LogP contribution in [0, 0.1) is 5.92 Å². The number of carbonyl (C=O) groups is 2. The molecular formula is C6H14CaMgO3. The van der Waals surface area contributed by atoms with Crippen molar-refractivity contribution in [3.63, 3.8) is 0 Å². The molecule has 0 heterocycles. The topological polar surface area (TPSA) is 43.4 Å². The number of ether oxygens (including phenoxy) is 1. The van der Waals surface area contributed by atoms with Crippen LogP contribution in [0.15, 0.2) is 0 Å². The van der Waals surface area contributed by atoms with Gasteiger partial charge in [-0.2, -0.15) is 0 Å². The minimum Gasteiger partial charge on any atom is -1.00 e. The Labute approximate surface area is 118 Å². The maximum Gasteiger partial charge on any atom is 2.00 e. The molecular weight excluding hydrogens is 184 g/mol. The van der Waals surface area contributed by atoms with E-state index in [0.29, 0.717) is 0 Å². The smallest absolute Gasteiger partial charge is 1.00 e. The zero-order valence-corrected chi connectivity index (χ0v) is 10.8. The molecule has 0 unspecified atom stereocenters. The van der Waals surface area contributed by atoms with Crippen molar-refractivity contribution in [2.45, 2.75) is 20.8 Å². The second kappa shape index (κ2) is 9.26. The molecule has 0 atom stereocenters. The third-order valence-corrected chi connectivity index (χ3v) is 0.716. The Bertz CT molecular complexity index is 148. The van der Waals surface area contributed by atoms with E-state index in [-0.39, 0.29) is 72.4 Å². The minimum atomic E-state index is -0.547. The molecule has 0 aliphatic rings. The molecule has 0 saturated carbocycles. The van der Waals surface area contributed by atoms with Gasteiger partial charge in [0.25, 0.3) is 0 Å². The fourth-order valence-corrected chi connectivity index (χ4v) is 0.260. The van der Waals surface area contributed by atoms with Crippen molar-refractivity contribution in [2.75, 3.05) is 0 Å². The van der Waals surface area contributed by atoms with Crippen molar-refractivity contribution in [2.24, 2.45) is 5.92 Å². The molecule has 0 rings (SSSR count). The molecule has 0 saturated heterocycles. The predicted octanol–water partition coefficient (Wildman–Crippen LogP) is 0.421. The molecule has 0 radical (unpaired) electrons. The van der Waals surface area contributed by atoms with Crippen LogP contribution < -0.4 is 0 Å². The Morgan fingerprint density at radius 3 is 1.82 bits per heavy atom. The Hall–Kier alpha value is 1.17. The molecule has 0 aromatic heterocycles. The number of rotatable bonds is 1. The fourth-order valence-electron chi connectivity index (χ4n) is 0.260. The molecule has 0 amide bonds.